The maximum Gasteiger partial charge on any atom is 0.134 e. The van der Waals surface area contributed by atoms with Crippen molar-refractivity contribution >= 4 is 58.2 Å². The number of furan rings is 2. The van der Waals surface area contributed by atoms with Gasteiger partial charge in [-0.2, -0.15) is 0 Å². The van der Waals surface area contributed by atoms with Gasteiger partial charge in [-0.05, 0) is 183 Å². The quantitative estimate of drug-likeness (QED) is 0.141. The maximum absolute atomic E-state index is 5.86. The van der Waals surface area contributed by atoms with Crippen LogP contribution in [0.4, 0.5) is 0 Å². The number of fused-ring (bicyclic) bond motifs is 2. The zero-order valence-electron chi connectivity index (χ0n) is 62.6. The fourth-order valence-corrected chi connectivity index (χ4v) is 16.4. The zero-order chi connectivity index (χ0) is 67.9. The van der Waals surface area contributed by atoms with E-state index in [9.17, 15) is 0 Å². The predicted molar refractivity (Wildman–Crippen MR) is 399 cm³/mol. The van der Waals surface area contributed by atoms with E-state index >= 15 is 0 Å². The molecule has 0 atom stereocenters. The normalized spacial score (nSPS) is 12.1. The summed E-state index contributed by atoms with van der Waals surface area (Å²) < 4.78 is 16.3. The van der Waals surface area contributed by atoms with Crippen LogP contribution in [-0.4, -0.2) is 14.5 Å². The van der Waals surface area contributed by atoms with Gasteiger partial charge < -0.3 is 8.83 Å². The van der Waals surface area contributed by atoms with E-state index in [2.05, 4.69) is 315 Å². The fraction of sp³-hybridized carbons (Fsp3) is 0.518. The molecule has 0 aliphatic carbocycles. The van der Waals surface area contributed by atoms with Gasteiger partial charge in [-0.25, -0.2) is 0 Å². The van der Waals surface area contributed by atoms with Gasteiger partial charge >= 0.3 is 81.5 Å². The van der Waals surface area contributed by atoms with Crippen LogP contribution in [0.5, 0.6) is 0 Å². The molecule has 0 aliphatic heterocycles. The van der Waals surface area contributed by atoms with E-state index < -0.39 is 0 Å². The Morgan fingerprint density at radius 2 is 0.795 bits per heavy atom. The van der Waals surface area contributed by atoms with Crippen LogP contribution in [0.3, 0.4) is 0 Å². The van der Waals surface area contributed by atoms with Crippen molar-refractivity contribution in [2.75, 3.05) is 0 Å². The minimum atomic E-state index is 0.0864. The fourth-order valence-electron chi connectivity index (χ4n) is 11.4. The van der Waals surface area contributed by atoms with Crippen LogP contribution in [0.15, 0.2) is 93.8 Å². The molecule has 0 bridgehead atoms. The van der Waals surface area contributed by atoms with Gasteiger partial charge in [-0.15, -0.1) is 22.7 Å². The zero-order valence-corrected chi connectivity index (χ0v) is 66.0. The molecule has 0 unspecified atom stereocenters. The third kappa shape index (κ3) is 21.0. The Kier molecular flexibility index (Phi) is 26.6. The molecule has 5 heterocycles. The van der Waals surface area contributed by atoms with Gasteiger partial charge in [0.25, 0.3) is 0 Å². The summed E-state index contributed by atoms with van der Waals surface area (Å²) in [5.41, 5.74) is 22.6. The van der Waals surface area contributed by atoms with Crippen molar-refractivity contribution in [1.29, 1.82) is 0 Å². The first kappa shape index (κ1) is 77.6. The summed E-state index contributed by atoms with van der Waals surface area (Å²) in [5.74, 6) is 3.27. The molecule has 0 fully saturated rings. The van der Waals surface area contributed by atoms with Crippen molar-refractivity contribution in [1.82, 2.24) is 0 Å². The molecular formula is C83H122O2S2Se. The first-order valence-electron chi connectivity index (χ1n) is 32.2. The van der Waals surface area contributed by atoms with Crippen LogP contribution < -0.4 is 0 Å². The van der Waals surface area contributed by atoms with Crippen molar-refractivity contribution < 1.29 is 8.83 Å². The Morgan fingerprint density at radius 1 is 0.330 bits per heavy atom. The Morgan fingerprint density at radius 3 is 1.15 bits per heavy atom. The van der Waals surface area contributed by atoms with Gasteiger partial charge in [0, 0.05) is 35.5 Å². The summed E-state index contributed by atoms with van der Waals surface area (Å²) in [6, 6.07) is 30.0. The summed E-state index contributed by atoms with van der Waals surface area (Å²) in [4.78, 5) is 4.52. The van der Waals surface area contributed by atoms with E-state index in [1.54, 1.807) is 20.0 Å². The molecule has 88 heavy (non-hydrogen) atoms. The molecule has 484 valence electrons. The first-order valence-corrected chi connectivity index (χ1v) is 35.5. The molecule has 9 aromatic rings. The van der Waals surface area contributed by atoms with Crippen molar-refractivity contribution in [3.63, 3.8) is 0 Å². The summed E-state index contributed by atoms with van der Waals surface area (Å²) in [7, 11) is 0. The Hall–Kier alpha value is -4.64. The molecule has 0 N–H and O–H groups in total. The van der Waals surface area contributed by atoms with Crippen LogP contribution in [0, 0.1) is 104 Å². The van der Waals surface area contributed by atoms with E-state index in [1.165, 1.54) is 96.9 Å². The number of hydrogen-bond donors (Lipinski definition) is 0. The Balaban J connectivity index is 0.000000269. The molecule has 0 spiro atoms. The second kappa shape index (κ2) is 30.2. The first-order chi connectivity index (χ1) is 39.8. The second-order valence-electron chi connectivity index (χ2n) is 32.1. The van der Waals surface area contributed by atoms with E-state index in [4.69, 9.17) is 8.83 Å². The van der Waals surface area contributed by atoms with Crippen LogP contribution in [-0.2, 0) is 37.9 Å². The number of para-hydroxylation sites is 1. The molecule has 9 rings (SSSR count). The second-order valence-corrected chi connectivity index (χ2v) is 37.0. The third-order valence-corrected chi connectivity index (χ3v) is 23.8. The third-order valence-electron chi connectivity index (χ3n) is 16.7. The molecular weight excluding hydrogens is 1170 g/mol. The van der Waals surface area contributed by atoms with Crippen molar-refractivity contribution in [3.05, 3.63) is 204 Å². The van der Waals surface area contributed by atoms with E-state index in [0.717, 1.165) is 22.9 Å². The summed E-state index contributed by atoms with van der Waals surface area (Å²) in [5, 5.41) is 2.65. The van der Waals surface area contributed by atoms with Gasteiger partial charge in [-0.1, -0.05) is 203 Å². The topological polar surface area (TPSA) is 26.3 Å². The van der Waals surface area contributed by atoms with Gasteiger partial charge in [0.2, 0.25) is 0 Å². The largest absolute Gasteiger partial charge is 0.465 e. The molecule has 0 saturated carbocycles. The Labute approximate surface area is 553 Å². The molecule has 5 heteroatoms. The van der Waals surface area contributed by atoms with Crippen molar-refractivity contribution in [3.8, 4) is 0 Å². The van der Waals surface area contributed by atoms with E-state index in [-0.39, 0.29) is 27.1 Å². The SMILES string of the molecule is Cc1[se]c(C(C)(C)C)c(C)c1C.Cc1c(C(C)(C)C)oc2ccccc12.Cc1c(C(C)(C)C)sc2ccccc12.Cc1cc(C)c(C)c(C(C)(C)C)c1.Cc1ccccc1C(C)(C)C.Cc1oc(C(C)(C)C)c(C)c1C.Cc1sc(C(C)(C)C)c(C)c1C. The summed E-state index contributed by atoms with van der Waals surface area (Å²) in [6.45, 7) is 80.1. The average Bonchev–Trinajstić information content (AvgIpc) is 2.89. The number of aryl methyl sites for hydroxylation is 8. The van der Waals surface area contributed by atoms with Crippen LogP contribution in [0.1, 0.15) is 264 Å². The molecule has 5 aromatic heterocycles. The predicted octanol–water partition coefficient (Wildman–Crippen LogP) is 26.2. The van der Waals surface area contributed by atoms with Gasteiger partial charge in [0.1, 0.15) is 22.9 Å². The number of hydrogen-bond acceptors (Lipinski definition) is 4. The summed E-state index contributed by atoms with van der Waals surface area (Å²) in [6.07, 6.45) is 0. The van der Waals surface area contributed by atoms with Gasteiger partial charge in [0.15, 0.2) is 0 Å². The Bertz CT molecular complexity index is 3460. The van der Waals surface area contributed by atoms with E-state index in [0.29, 0.717) is 25.3 Å². The summed E-state index contributed by atoms with van der Waals surface area (Å²) >= 11 is 4.51. The molecule has 2 nitrogen and oxygen atoms in total. The standard InChI is InChI=1S/C13H16O.C13H16S.C13H20.C11H18O.C11H18S.C11H18Se.C11H16/c2*1-9-10-7-5-6-8-11(10)14-12(9)13(2,3)4;1-9-7-10(2)11(3)12(8-9)13(4,5)6;3*1-7-8(2)10(11(4,5)6)12-9(7)3;1-9-7-5-6-8-10(9)11(2,3)4/h2*5-8H,1-4H3;7-8H,1-6H3;3*1-6H3;5-8H,1-4H3. The van der Waals surface area contributed by atoms with Gasteiger partial charge in [0.05, 0.1) is 0 Å². The van der Waals surface area contributed by atoms with E-state index in [1.807, 2.05) is 41.7 Å². The number of benzene rings is 4. The monoisotopic (exact) mass is 1290 g/mol. The van der Waals surface area contributed by atoms with Crippen molar-refractivity contribution in [2.45, 2.75) is 287 Å². The molecule has 0 aliphatic rings. The molecule has 0 radical (unpaired) electrons. The van der Waals surface area contributed by atoms with Gasteiger partial charge in [-0.3, -0.25) is 0 Å². The molecule has 4 aromatic carbocycles. The van der Waals surface area contributed by atoms with Crippen LogP contribution in [0.2, 0.25) is 0 Å². The number of thiophene rings is 2. The average molecular weight is 1290 g/mol. The minimum Gasteiger partial charge on any atom is -0.465 e. The number of rotatable bonds is 0. The smallest absolute Gasteiger partial charge is 0.134 e. The molecule has 0 saturated heterocycles. The maximum atomic E-state index is 5.86. The minimum absolute atomic E-state index is 0.0864. The van der Waals surface area contributed by atoms with Crippen LogP contribution in [0.25, 0.3) is 21.1 Å². The van der Waals surface area contributed by atoms with Crippen LogP contribution >= 0.6 is 22.7 Å². The molecule has 0 amide bonds. The van der Waals surface area contributed by atoms with Crippen molar-refractivity contribution in [2.24, 2.45) is 0 Å².